The molecule has 2 aromatic carbocycles. The van der Waals surface area contributed by atoms with Crippen molar-refractivity contribution in [3.05, 3.63) is 57.1 Å². The quantitative estimate of drug-likeness (QED) is 0.684. The Morgan fingerprint density at radius 3 is 1.41 bits per heavy atom. The summed E-state index contributed by atoms with van der Waals surface area (Å²) < 4.78 is 28.0. The molecule has 0 aromatic heterocycles. The Morgan fingerprint density at radius 1 is 0.773 bits per heavy atom. The molecule has 0 spiro atoms. The number of nitrogens with two attached hydrogens (primary N) is 2. The highest BCUT2D eigenvalue weighted by atomic mass is 35.5. The molecule has 0 amide bonds. The molecule has 2 rings (SSSR count). The topological polar surface area (TPSA) is 92.5 Å². The van der Waals surface area contributed by atoms with Crippen molar-refractivity contribution in [3.63, 3.8) is 0 Å². The molecule has 2 aromatic rings. The van der Waals surface area contributed by atoms with Gasteiger partial charge in [-0.1, -0.05) is 23.2 Å². The van der Waals surface area contributed by atoms with Crippen LogP contribution in [0.25, 0.3) is 0 Å². The van der Waals surface area contributed by atoms with Crippen LogP contribution in [0, 0.1) is 11.6 Å². The van der Waals surface area contributed by atoms with Gasteiger partial charge >= 0.3 is 0 Å². The smallest absolute Gasteiger partial charge is 0.171 e. The Kier molecular flexibility index (Phi) is 4.77. The van der Waals surface area contributed by atoms with Gasteiger partial charge in [-0.2, -0.15) is 0 Å². The fourth-order valence-electron chi connectivity index (χ4n) is 2.09. The first kappa shape index (κ1) is 16.8. The average molecular weight is 349 g/mol. The standard InChI is InChI=1S/C14H12Cl2F2N2O2/c15-5-1-3-7(21)11(17)9(5)13(19)14(20)10-6(16)2-4-8(22)12(10)18/h1-4,13-14,21-22H,19-20H2/t13-,14+. The zero-order valence-electron chi connectivity index (χ0n) is 11.0. The second-order valence-corrected chi connectivity index (χ2v) is 5.45. The minimum absolute atomic E-state index is 0.0741. The van der Waals surface area contributed by atoms with Gasteiger partial charge in [-0.25, -0.2) is 8.78 Å². The largest absolute Gasteiger partial charge is 0.505 e. The van der Waals surface area contributed by atoms with Gasteiger partial charge in [-0.05, 0) is 24.3 Å². The van der Waals surface area contributed by atoms with Crippen molar-refractivity contribution >= 4 is 23.2 Å². The van der Waals surface area contributed by atoms with Crippen molar-refractivity contribution in [2.75, 3.05) is 0 Å². The lowest BCUT2D eigenvalue weighted by Gasteiger charge is -2.23. The lowest BCUT2D eigenvalue weighted by Crippen LogP contribution is -2.28. The Balaban J connectivity index is 2.54. The number of aromatic hydroxyl groups is 2. The normalized spacial score (nSPS) is 13.9. The van der Waals surface area contributed by atoms with Crippen LogP contribution in [0.2, 0.25) is 10.0 Å². The van der Waals surface area contributed by atoms with Crippen molar-refractivity contribution in [2.45, 2.75) is 12.1 Å². The molecule has 0 saturated heterocycles. The number of halogens is 4. The molecule has 0 radical (unpaired) electrons. The van der Waals surface area contributed by atoms with Crippen molar-refractivity contribution < 1.29 is 19.0 Å². The van der Waals surface area contributed by atoms with Crippen molar-refractivity contribution in [3.8, 4) is 11.5 Å². The summed E-state index contributed by atoms with van der Waals surface area (Å²) in [4.78, 5) is 0. The molecule has 6 N–H and O–H groups in total. The van der Waals surface area contributed by atoms with Gasteiger partial charge in [0.15, 0.2) is 23.1 Å². The van der Waals surface area contributed by atoms with Crippen LogP contribution in [0.1, 0.15) is 23.2 Å². The van der Waals surface area contributed by atoms with Crippen LogP contribution < -0.4 is 11.5 Å². The molecule has 0 fully saturated rings. The van der Waals surface area contributed by atoms with Crippen LogP contribution in [-0.4, -0.2) is 10.2 Å². The summed E-state index contributed by atoms with van der Waals surface area (Å²) in [5.74, 6) is -3.42. The van der Waals surface area contributed by atoms with Gasteiger partial charge in [0.1, 0.15) is 0 Å². The van der Waals surface area contributed by atoms with Crippen LogP contribution in [0.15, 0.2) is 24.3 Å². The lowest BCUT2D eigenvalue weighted by atomic mass is 9.93. The van der Waals surface area contributed by atoms with Crippen LogP contribution in [-0.2, 0) is 0 Å². The van der Waals surface area contributed by atoms with Gasteiger partial charge in [-0.15, -0.1) is 0 Å². The number of hydrogen-bond donors (Lipinski definition) is 4. The first-order valence-electron chi connectivity index (χ1n) is 6.10. The maximum Gasteiger partial charge on any atom is 0.171 e. The summed E-state index contributed by atoms with van der Waals surface area (Å²) in [6, 6.07) is 1.99. The second kappa shape index (κ2) is 6.26. The van der Waals surface area contributed by atoms with E-state index in [1.54, 1.807) is 0 Å². The molecule has 0 aliphatic carbocycles. The Hall–Kier alpha value is -1.60. The molecule has 118 valence electrons. The van der Waals surface area contributed by atoms with E-state index >= 15 is 0 Å². The molecule has 0 heterocycles. The van der Waals surface area contributed by atoms with Gasteiger partial charge in [0.05, 0.1) is 12.1 Å². The van der Waals surface area contributed by atoms with E-state index in [2.05, 4.69) is 0 Å². The lowest BCUT2D eigenvalue weighted by molar-refractivity contribution is 0.411. The minimum atomic E-state index is -1.30. The Morgan fingerprint density at radius 2 is 1.09 bits per heavy atom. The number of rotatable bonds is 3. The van der Waals surface area contributed by atoms with Crippen LogP contribution in [0.3, 0.4) is 0 Å². The van der Waals surface area contributed by atoms with E-state index in [4.69, 9.17) is 34.7 Å². The molecular weight excluding hydrogens is 337 g/mol. The number of phenolic OH excluding ortho intramolecular Hbond substituents is 2. The van der Waals surface area contributed by atoms with Gasteiger partial charge in [0, 0.05) is 21.2 Å². The highest BCUT2D eigenvalue weighted by Crippen LogP contribution is 2.39. The molecular formula is C14H12Cl2F2N2O2. The van der Waals surface area contributed by atoms with Gasteiger partial charge in [0.25, 0.3) is 0 Å². The predicted octanol–water partition coefficient (Wildman–Crippen LogP) is 3.38. The van der Waals surface area contributed by atoms with Crippen molar-refractivity contribution in [1.29, 1.82) is 0 Å². The van der Waals surface area contributed by atoms with E-state index in [0.29, 0.717) is 0 Å². The third-order valence-corrected chi connectivity index (χ3v) is 3.93. The van der Waals surface area contributed by atoms with Gasteiger partial charge in [-0.3, -0.25) is 0 Å². The van der Waals surface area contributed by atoms with E-state index in [1.165, 1.54) is 12.1 Å². The Bertz CT molecular complexity index is 667. The summed E-state index contributed by atoms with van der Waals surface area (Å²) in [6.07, 6.45) is 0. The number of hydrogen-bond acceptors (Lipinski definition) is 4. The molecule has 0 saturated carbocycles. The molecule has 4 nitrogen and oxygen atoms in total. The Labute approximate surface area is 134 Å². The van der Waals surface area contributed by atoms with E-state index in [1.807, 2.05) is 0 Å². The molecule has 2 atom stereocenters. The molecule has 0 bridgehead atoms. The summed E-state index contributed by atoms with van der Waals surface area (Å²) in [6.45, 7) is 0. The molecule has 0 unspecified atom stereocenters. The molecule has 0 aliphatic heterocycles. The maximum absolute atomic E-state index is 14.0. The average Bonchev–Trinajstić information content (AvgIpc) is 2.47. The maximum atomic E-state index is 14.0. The summed E-state index contributed by atoms with van der Waals surface area (Å²) in [5.41, 5.74) is 11.2. The molecule has 22 heavy (non-hydrogen) atoms. The van der Waals surface area contributed by atoms with Crippen LogP contribution in [0.5, 0.6) is 11.5 Å². The minimum Gasteiger partial charge on any atom is -0.505 e. The summed E-state index contributed by atoms with van der Waals surface area (Å²) >= 11 is 11.8. The van der Waals surface area contributed by atoms with E-state index in [-0.39, 0.29) is 21.2 Å². The second-order valence-electron chi connectivity index (χ2n) is 4.64. The van der Waals surface area contributed by atoms with E-state index in [0.717, 1.165) is 12.1 Å². The third-order valence-electron chi connectivity index (χ3n) is 3.27. The monoisotopic (exact) mass is 348 g/mol. The number of phenols is 2. The highest BCUT2D eigenvalue weighted by Gasteiger charge is 2.29. The van der Waals surface area contributed by atoms with Gasteiger partial charge < -0.3 is 21.7 Å². The highest BCUT2D eigenvalue weighted by molar-refractivity contribution is 6.32. The zero-order valence-corrected chi connectivity index (χ0v) is 12.5. The predicted molar refractivity (Wildman–Crippen MR) is 80.0 cm³/mol. The molecule has 8 heteroatoms. The van der Waals surface area contributed by atoms with Gasteiger partial charge in [0.2, 0.25) is 0 Å². The SMILES string of the molecule is N[C@H](c1c(Cl)ccc(O)c1F)[C@@H](N)c1c(Cl)ccc(O)c1F. The zero-order chi connectivity index (χ0) is 16.6. The van der Waals surface area contributed by atoms with Crippen molar-refractivity contribution in [2.24, 2.45) is 11.5 Å². The number of benzene rings is 2. The fourth-order valence-corrected chi connectivity index (χ4v) is 2.63. The van der Waals surface area contributed by atoms with Crippen LogP contribution >= 0.6 is 23.2 Å². The molecule has 0 aliphatic rings. The first-order chi connectivity index (χ1) is 10.3. The third kappa shape index (κ3) is 2.83. The first-order valence-corrected chi connectivity index (χ1v) is 6.86. The fraction of sp³-hybridized carbons (Fsp3) is 0.143. The van der Waals surface area contributed by atoms with E-state index < -0.39 is 35.2 Å². The van der Waals surface area contributed by atoms with E-state index in [9.17, 15) is 19.0 Å². The summed E-state index contributed by atoms with van der Waals surface area (Å²) in [5, 5.41) is 18.7. The summed E-state index contributed by atoms with van der Waals surface area (Å²) in [7, 11) is 0. The van der Waals surface area contributed by atoms with Crippen molar-refractivity contribution in [1.82, 2.24) is 0 Å². The van der Waals surface area contributed by atoms with Crippen LogP contribution in [0.4, 0.5) is 8.78 Å².